The summed E-state index contributed by atoms with van der Waals surface area (Å²) in [4.78, 5) is 14.1. The third-order valence-corrected chi connectivity index (χ3v) is 3.85. The van der Waals surface area contributed by atoms with Gasteiger partial charge in [-0.15, -0.1) is 0 Å². The fourth-order valence-electron chi connectivity index (χ4n) is 2.52. The Labute approximate surface area is 118 Å². The lowest BCUT2D eigenvalue weighted by atomic mass is 9.91. The van der Waals surface area contributed by atoms with E-state index in [1.165, 1.54) is 12.1 Å². The zero-order chi connectivity index (χ0) is 14.9. The van der Waals surface area contributed by atoms with Gasteiger partial charge >= 0.3 is 0 Å². The van der Waals surface area contributed by atoms with Gasteiger partial charge in [-0.05, 0) is 30.5 Å². The van der Waals surface area contributed by atoms with Crippen molar-refractivity contribution in [3.8, 4) is 0 Å². The van der Waals surface area contributed by atoms with E-state index < -0.39 is 0 Å². The standard InChI is InChI=1S/C16H20FNO2/c1-10(2)14-8-15(19)11(3)16(20)18(14)9-12-4-6-13(17)7-5-12/h4-7,10,14,19H,8-9H2,1-3H3. The summed E-state index contributed by atoms with van der Waals surface area (Å²) in [5.41, 5.74) is 1.30. The summed E-state index contributed by atoms with van der Waals surface area (Å²) in [5.74, 6) is 0.00308. The molecular weight excluding hydrogens is 257 g/mol. The summed E-state index contributed by atoms with van der Waals surface area (Å²) in [7, 11) is 0. The van der Waals surface area contributed by atoms with Gasteiger partial charge in [0.05, 0.1) is 5.57 Å². The predicted molar refractivity (Wildman–Crippen MR) is 75.5 cm³/mol. The molecule has 0 bridgehead atoms. The van der Waals surface area contributed by atoms with Gasteiger partial charge in [0, 0.05) is 19.0 Å². The molecular formula is C16H20FNO2. The minimum Gasteiger partial charge on any atom is -0.512 e. The van der Waals surface area contributed by atoms with Crippen LogP contribution in [0, 0.1) is 11.7 Å². The van der Waals surface area contributed by atoms with E-state index in [0.29, 0.717) is 18.5 Å². The van der Waals surface area contributed by atoms with Gasteiger partial charge in [0.1, 0.15) is 11.6 Å². The molecule has 0 saturated carbocycles. The molecule has 2 rings (SSSR count). The smallest absolute Gasteiger partial charge is 0.253 e. The van der Waals surface area contributed by atoms with Crippen LogP contribution in [-0.4, -0.2) is 22.0 Å². The number of aliphatic hydroxyl groups is 1. The van der Waals surface area contributed by atoms with Crippen molar-refractivity contribution in [3.05, 3.63) is 47.0 Å². The minimum atomic E-state index is -0.284. The first-order valence-electron chi connectivity index (χ1n) is 6.84. The second kappa shape index (κ2) is 5.65. The van der Waals surface area contributed by atoms with Crippen molar-refractivity contribution >= 4 is 5.91 Å². The van der Waals surface area contributed by atoms with Crippen molar-refractivity contribution < 1.29 is 14.3 Å². The quantitative estimate of drug-likeness (QED) is 0.919. The molecule has 1 atom stereocenters. The van der Waals surface area contributed by atoms with E-state index in [1.54, 1.807) is 24.0 Å². The first kappa shape index (κ1) is 14.6. The largest absolute Gasteiger partial charge is 0.512 e. The molecule has 108 valence electrons. The van der Waals surface area contributed by atoms with E-state index in [4.69, 9.17) is 0 Å². The van der Waals surface area contributed by atoms with Crippen LogP contribution in [0.3, 0.4) is 0 Å². The molecule has 1 heterocycles. The van der Waals surface area contributed by atoms with Crippen LogP contribution >= 0.6 is 0 Å². The van der Waals surface area contributed by atoms with Crippen LogP contribution in [0.5, 0.6) is 0 Å². The van der Waals surface area contributed by atoms with E-state index in [-0.39, 0.29) is 29.4 Å². The van der Waals surface area contributed by atoms with E-state index >= 15 is 0 Å². The summed E-state index contributed by atoms with van der Waals surface area (Å²) in [6.07, 6.45) is 0.483. The Morgan fingerprint density at radius 3 is 2.50 bits per heavy atom. The minimum absolute atomic E-state index is 0.0312. The summed E-state index contributed by atoms with van der Waals surface area (Å²) in [5, 5.41) is 9.87. The zero-order valence-electron chi connectivity index (χ0n) is 12.1. The number of rotatable bonds is 3. The molecule has 1 aliphatic rings. The molecule has 0 fully saturated rings. The van der Waals surface area contributed by atoms with E-state index in [1.807, 2.05) is 13.8 Å². The lowest BCUT2D eigenvalue weighted by Gasteiger charge is -2.38. The normalized spacial score (nSPS) is 19.9. The SMILES string of the molecule is CC1=C(O)CC(C(C)C)N(Cc2ccc(F)cc2)C1=O. The van der Waals surface area contributed by atoms with Crippen molar-refractivity contribution in [2.75, 3.05) is 0 Å². The predicted octanol–water partition coefficient (Wildman–Crippen LogP) is 3.41. The molecule has 0 radical (unpaired) electrons. The first-order valence-corrected chi connectivity index (χ1v) is 6.84. The zero-order valence-corrected chi connectivity index (χ0v) is 12.1. The maximum absolute atomic E-state index is 12.9. The Balaban J connectivity index is 2.27. The molecule has 1 N–H and O–H groups in total. The van der Waals surface area contributed by atoms with Crippen LogP contribution in [0.4, 0.5) is 4.39 Å². The number of nitrogens with zero attached hydrogens (tertiary/aromatic N) is 1. The highest BCUT2D eigenvalue weighted by Gasteiger charge is 2.33. The average Bonchev–Trinajstić information content (AvgIpc) is 2.41. The molecule has 1 amide bonds. The number of amides is 1. The summed E-state index contributed by atoms with van der Waals surface area (Å²) in [6, 6.07) is 6.14. The maximum atomic E-state index is 12.9. The highest BCUT2D eigenvalue weighted by Crippen LogP contribution is 2.28. The molecule has 4 heteroatoms. The number of carbonyl (C=O) groups excluding carboxylic acids is 1. The molecule has 0 aliphatic carbocycles. The highest BCUT2D eigenvalue weighted by molar-refractivity contribution is 5.94. The van der Waals surface area contributed by atoms with Crippen LogP contribution in [-0.2, 0) is 11.3 Å². The number of carbonyl (C=O) groups is 1. The second-order valence-corrected chi connectivity index (χ2v) is 5.65. The number of aliphatic hydroxyl groups excluding tert-OH is 1. The van der Waals surface area contributed by atoms with Crippen LogP contribution in [0.1, 0.15) is 32.8 Å². The van der Waals surface area contributed by atoms with E-state index in [2.05, 4.69) is 0 Å². The lowest BCUT2D eigenvalue weighted by Crippen LogP contribution is -2.46. The fraction of sp³-hybridized carbons (Fsp3) is 0.438. The van der Waals surface area contributed by atoms with Gasteiger partial charge in [0.25, 0.3) is 5.91 Å². The summed E-state index contributed by atoms with van der Waals surface area (Å²) in [6.45, 7) is 6.14. The van der Waals surface area contributed by atoms with Gasteiger partial charge < -0.3 is 10.0 Å². The number of hydrogen-bond donors (Lipinski definition) is 1. The fourth-order valence-corrected chi connectivity index (χ4v) is 2.52. The topological polar surface area (TPSA) is 40.5 Å². The van der Waals surface area contributed by atoms with Crippen molar-refractivity contribution in [1.29, 1.82) is 0 Å². The van der Waals surface area contributed by atoms with Crippen molar-refractivity contribution in [3.63, 3.8) is 0 Å². The third kappa shape index (κ3) is 2.84. The molecule has 20 heavy (non-hydrogen) atoms. The summed E-state index contributed by atoms with van der Waals surface area (Å²) >= 11 is 0. The molecule has 0 aromatic heterocycles. The number of benzene rings is 1. The van der Waals surface area contributed by atoms with Gasteiger partial charge in [-0.1, -0.05) is 26.0 Å². The monoisotopic (exact) mass is 277 g/mol. The van der Waals surface area contributed by atoms with Crippen molar-refractivity contribution in [2.24, 2.45) is 5.92 Å². The third-order valence-electron chi connectivity index (χ3n) is 3.85. The van der Waals surface area contributed by atoms with Crippen LogP contribution in [0.25, 0.3) is 0 Å². The average molecular weight is 277 g/mol. The molecule has 1 aliphatic heterocycles. The van der Waals surface area contributed by atoms with Gasteiger partial charge in [0.2, 0.25) is 0 Å². The summed E-state index contributed by atoms with van der Waals surface area (Å²) < 4.78 is 12.9. The number of hydrogen-bond acceptors (Lipinski definition) is 2. The Morgan fingerprint density at radius 2 is 1.95 bits per heavy atom. The Kier molecular flexibility index (Phi) is 4.12. The molecule has 1 aromatic carbocycles. The Bertz CT molecular complexity index is 534. The highest BCUT2D eigenvalue weighted by atomic mass is 19.1. The Hall–Kier alpha value is -1.84. The lowest BCUT2D eigenvalue weighted by molar-refractivity contribution is -0.132. The molecule has 0 saturated heterocycles. The molecule has 1 aromatic rings. The van der Waals surface area contributed by atoms with Crippen LogP contribution < -0.4 is 0 Å². The molecule has 1 unspecified atom stereocenters. The molecule has 3 nitrogen and oxygen atoms in total. The molecule has 0 spiro atoms. The van der Waals surface area contributed by atoms with Gasteiger partial charge in [0.15, 0.2) is 0 Å². The Morgan fingerprint density at radius 1 is 1.35 bits per heavy atom. The van der Waals surface area contributed by atoms with Crippen molar-refractivity contribution in [1.82, 2.24) is 4.90 Å². The van der Waals surface area contributed by atoms with E-state index in [9.17, 15) is 14.3 Å². The van der Waals surface area contributed by atoms with Gasteiger partial charge in [-0.2, -0.15) is 0 Å². The van der Waals surface area contributed by atoms with E-state index in [0.717, 1.165) is 5.56 Å². The van der Waals surface area contributed by atoms with Gasteiger partial charge in [-0.3, -0.25) is 4.79 Å². The maximum Gasteiger partial charge on any atom is 0.253 e. The second-order valence-electron chi connectivity index (χ2n) is 5.65. The first-order chi connectivity index (χ1) is 9.40. The van der Waals surface area contributed by atoms with Gasteiger partial charge in [-0.25, -0.2) is 4.39 Å². The number of halogens is 1. The van der Waals surface area contributed by atoms with Crippen LogP contribution in [0.15, 0.2) is 35.6 Å². The van der Waals surface area contributed by atoms with Crippen LogP contribution in [0.2, 0.25) is 0 Å². The van der Waals surface area contributed by atoms with Crippen molar-refractivity contribution in [2.45, 2.75) is 39.8 Å².